The Bertz CT molecular complexity index is 860. The third-order valence-electron chi connectivity index (χ3n) is 4.16. The Morgan fingerprint density at radius 2 is 1.75 bits per heavy atom. The molecule has 0 aliphatic heterocycles. The standard InChI is InChI=1S/C18H18ClNO3S/c19-14-8-10-15(11-9-14)24(22,23)12-18(21)20-17-7-3-5-13-4-1-2-6-16(13)17/h3,5,7-11H,1-2,4,6,12H2,(H,20,21). The average molecular weight is 364 g/mol. The fourth-order valence-corrected chi connectivity index (χ4v) is 4.24. The molecule has 0 spiro atoms. The molecule has 4 nitrogen and oxygen atoms in total. The lowest BCUT2D eigenvalue weighted by molar-refractivity contribution is -0.113. The van der Waals surface area contributed by atoms with E-state index in [9.17, 15) is 13.2 Å². The van der Waals surface area contributed by atoms with Gasteiger partial charge in [-0.2, -0.15) is 0 Å². The van der Waals surface area contributed by atoms with Gasteiger partial charge in [0.15, 0.2) is 9.84 Å². The molecule has 0 saturated heterocycles. The first kappa shape index (κ1) is 17.0. The molecule has 2 aromatic rings. The zero-order chi connectivity index (χ0) is 17.2. The molecule has 0 radical (unpaired) electrons. The quantitative estimate of drug-likeness (QED) is 0.902. The summed E-state index contributed by atoms with van der Waals surface area (Å²) in [7, 11) is -3.69. The van der Waals surface area contributed by atoms with Crippen molar-refractivity contribution in [2.24, 2.45) is 0 Å². The summed E-state index contributed by atoms with van der Waals surface area (Å²) in [6.45, 7) is 0. The van der Waals surface area contributed by atoms with Crippen molar-refractivity contribution in [2.45, 2.75) is 30.6 Å². The number of sulfone groups is 1. The van der Waals surface area contributed by atoms with Crippen LogP contribution in [0.25, 0.3) is 0 Å². The van der Waals surface area contributed by atoms with Gasteiger partial charge in [-0.3, -0.25) is 4.79 Å². The lowest BCUT2D eigenvalue weighted by atomic mass is 9.90. The SMILES string of the molecule is O=C(CS(=O)(=O)c1ccc(Cl)cc1)Nc1cccc2c1CCCC2. The Hall–Kier alpha value is -1.85. The van der Waals surface area contributed by atoms with Crippen LogP contribution in [0.3, 0.4) is 0 Å². The molecule has 24 heavy (non-hydrogen) atoms. The van der Waals surface area contributed by atoms with Crippen LogP contribution in [0.4, 0.5) is 5.69 Å². The van der Waals surface area contributed by atoms with E-state index in [0.717, 1.165) is 36.9 Å². The van der Waals surface area contributed by atoms with Crippen LogP contribution >= 0.6 is 11.6 Å². The maximum Gasteiger partial charge on any atom is 0.239 e. The molecule has 0 saturated carbocycles. The largest absolute Gasteiger partial charge is 0.325 e. The summed E-state index contributed by atoms with van der Waals surface area (Å²) < 4.78 is 24.7. The summed E-state index contributed by atoms with van der Waals surface area (Å²) >= 11 is 5.77. The normalized spacial score (nSPS) is 14.0. The summed E-state index contributed by atoms with van der Waals surface area (Å²) in [5.41, 5.74) is 3.09. The molecule has 0 unspecified atom stereocenters. The Morgan fingerprint density at radius 3 is 2.50 bits per heavy atom. The first-order chi connectivity index (χ1) is 11.5. The maximum atomic E-state index is 12.3. The van der Waals surface area contributed by atoms with Crippen molar-refractivity contribution >= 4 is 33.0 Å². The van der Waals surface area contributed by atoms with Gasteiger partial charge in [0.1, 0.15) is 5.75 Å². The highest BCUT2D eigenvalue weighted by Crippen LogP contribution is 2.28. The summed E-state index contributed by atoms with van der Waals surface area (Å²) in [5.74, 6) is -1.11. The predicted octanol–water partition coefficient (Wildman–Crippen LogP) is 3.63. The fourth-order valence-electron chi connectivity index (χ4n) is 2.98. The van der Waals surface area contributed by atoms with Gasteiger partial charge in [-0.25, -0.2) is 8.42 Å². The fraction of sp³-hybridized carbons (Fsp3) is 0.278. The summed E-state index contributed by atoms with van der Waals surface area (Å²) in [4.78, 5) is 12.3. The van der Waals surface area contributed by atoms with Crippen molar-refractivity contribution in [1.82, 2.24) is 0 Å². The van der Waals surface area contributed by atoms with Crippen LogP contribution in [0.15, 0.2) is 47.4 Å². The molecule has 1 aliphatic carbocycles. The van der Waals surface area contributed by atoms with Crippen LogP contribution in [0.2, 0.25) is 5.02 Å². The van der Waals surface area contributed by atoms with Crippen molar-refractivity contribution in [3.63, 3.8) is 0 Å². The molecule has 0 fully saturated rings. The number of carbonyl (C=O) groups is 1. The van der Waals surface area contributed by atoms with Crippen molar-refractivity contribution < 1.29 is 13.2 Å². The molecule has 2 aromatic carbocycles. The van der Waals surface area contributed by atoms with Gasteiger partial charge in [0.25, 0.3) is 0 Å². The van der Waals surface area contributed by atoms with E-state index in [4.69, 9.17) is 11.6 Å². The second-order valence-corrected chi connectivity index (χ2v) is 8.34. The Balaban J connectivity index is 1.75. The zero-order valence-electron chi connectivity index (χ0n) is 13.1. The molecule has 0 bridgehead atoms. The molecular formula is C18H18ClNO3S. The van der Waals surface area contributed by atoms with Crippen molar-refractivity contribution in [3.8, 4) is 0 Å². The van der Waals surface area contributed by atoms with E-state index in [1.807, 2.05) is 12.1 Å². The number of rotatable bonds is 4. The topological polar surface area (TPSA) is 63.2 Å². The number of fused-ring (bicyclic) bond motifs is 1. The molecule has 0 aromatic heterocycles. The summed E-state index contributed by atoms with van der Waals surface area (Å²) in [6, 6.07) is 11.6. The summed E-state index contributed by atoms with van der Waals surface area (Å²) in [5, 5.41) is 3.22. The lowest BCUT2D eigenvalue weighted by Crippen LogP contribution is -2.24. The predicted molar refractivity (Wildman–Crippen MR) is 95.2 cm³/mol. The van der Waals surface area contributed by atoms with E-state index in [1.54, 1.807) is 0 Å². The third-order valence-corrected chi connectivity index (χ3v) is 6.05. The lowest BCUT2D eigenvalue weighted by Gasteiger charge is -2.19. The Kier molecular flexibility index (Phi) is 4.92. The number of amides is 1. The first-order valence-electron chi connectivity index (χ1n) is 7.85. The Morgan fingerprint density at radius 1 is 1.04 bits per heavy atom. The molecule has 126 valence electrons. The molecular weight excluding hydrogens is 346 g/mol. The van der Waals surface area contributed by atoms with Crippen LogP contribution in [0.1, 0.15) is 24.0 Å². The Labute approximate surface area is 146 Å². The van der Waals surface area contributed by atoms with Crippen LogP contribution in [0.5, 0.6) is 0 Å². The van der Waals surface area contributed by atoms with Gasteiger partial charge in [0, 0.05) is 10.7 Å². The van der Waals surface area contributed by atoms with E-state index in [0.29, 0.717) is 5.02 Å². The smallest absolute Gasteiger partial charge is 0.239 e. The van der Waals surface area contributed by atoms with Crippen LogP contribution in [-0.4, -0.2) is 20.1 Å². The highest BCUT2D eigenvalue weighted by molar-refractivity contribution is 7.92. The van der Waals surface area contributed by atoms with Gasteiger partial charge in [-0.15, -0.1) is 0 Å². The van der Waals surface area contributed by atoms with Crippen molar-refractivity contribution in [3.05, 3.63) is 58.6 Å². The van der Waals surface area contributed by atoms with Crippen LogP contribution in [0, 0.1) is 0 Å². The van der Waals surface area contributed by atoms with Crippen molar-refractivity contribution in [2.75, 3.05) is 11.1 Å². The number of carbonyl (C=O) groups excluding carboxylic acids is 1. The van der Waals surface area contributed by atoms with E-state index in [2.05, 4.69) is 11.4 Å². The second-order valence-electron chi connectivity index (χ2n) is 5.91. The van der Waals surface area contributed by atoms with E-state index in [-0.39, 0.29) is 4.90 Å². The van der Waals surface area contributed by atoms with E-state index in [1.165, 1.54) is 29.8 Å². The van der Waals surface area contributed by atoms with Gasteiger partial charge in [0.2, 0.25) is 5.91 Å². The minimum atomic E-state index is -3.69. The van der Waals surface area contributed by atoms with E-state index >= 15 is 0 Å². The van der Waals surface area contributed by atoms with Gasteiger partial charge < -0.3 is 5.32 Å². The highest BCUT2D eigenvalue weighted by atomic mass is 35.5. The molecule has 0 atom stereocenters. The average Bonchev–Trinajstić information content (AvgIpc) is 2.55. The number of nitrogens with one attached hydrogen (secondary N) is 1. The molecule has 3 rings (SSSR count). The highest BCUT2D eigenvalue weighted by Gasteiger charge is 2.21. The number of anilines is 1. The van der Waals surface area contributed by atoms with Gasteiger partial charge in [-0.05, 0) is 67.1 Å². The minimum absolute atomic E-state index is 0.0946. The number of halogens is 1. The molecule has 1 aliphatic rings. The second kappa shape index (κ2) is 6.95. The molecule has 1 N–H and O–H groups in total. The monoisotopic (exact) mass is 363 g/mol. The minimum Gasteiger partial charge on any atom is -0.325 e. The number of benzene rings is 2. The van der Waals surface area contributed by atoms with Gasteiger partial charge in [0.05, 0.1) is 4.90 Å². The van der Waals surface area contributed by atoms with Crippen LogP contribution in [-0.2, 0) is 27.5 Å². The summed E-state index contributed by atoms with van der Waals surface area (Å²) in [6.07, 6.45) is 4.15. The maximum absolute atomic E-state index is 12.3. The number of hydrogen-bond donors (Lipinski definition) is 1. The van der Waals surface area contributed by atoms with Gasteiger partial charge in [-0.1, -0.05) is 23.7 Å². The molecule has 6 heteroatoms. The third kappa shape index (κ3) is 3.79. The van der Waals surface area contributed by atoms with Crippen LogP contribution < -0.4 is 5.32 Å². The molecule has 1 amide bonds. The van der Waals surface area contributed by atoms with E-state index < -0.39 is 21.5 Å². The number of hydrogen-bond acceptors (Lipinski definition) is 3. The first-order valence-corrected chi connectivity index (χ1v) is 9.88. The van der Waals surface area contributed by atoms with Gasteiger partial charge >= 0.3 is 0 Å². The zero-order valence-corrected chi connectivity index (χ0v) is 14.7. The van der Waals surface area contributed by atoms with Crippen molar-refractivity contribution in [1.29, 1.82) is 0 Å². The molecule has 0 heterocycles. The number of aryl methyl sites for hydroxylation is 1.